The largest absolute Gasteiger partial charge is 0.504 e. The van der Waals surface area contributed by atoms with Crippen molar-refractivity contribution < 1.29 is 24.1 Å². The number of phenols is 1. The quantitative estimate of drug-likeness (QED) is 0.739. The number of phenolic OH excluding ortho intramolecular Hbond substituents is 1. The molecule has 6 nitrogen and oxygen atoms in total. The summed E-state index contributed by atoms with van der Waals surface area (Å²) >= 11 is 0. The Kier molecular flexibility index (Phi) is 3.39. The lowest BCUT2D eigenvalue weighted by Crippen LogP contribution is -2.30. The van der Waals surface area contributed by atoms with E-state index >= 15 is 0 Å². The van der Waals surface area contributed by atoms with Gasteiger partial charge in [-0.15, -0.1) is 0 Å². The van der Waals surface area contributed by atoms with Gasteiger partial charge < -0.3 is 29.0 Å². The van der Waals surface area contributed by atoms with E-state index < -0.39 is 6.23 Å². The molecule has 2 aliphatic rings. The predicted octanol–water partition coefficient (Wildman–Crippen LogP) is 4.04. The van der Waals surface area contributed by atoms with Gasteiger partial charge in [0.15, 0.2) is 29.2 Å². The average molecular weight is 365 g/mol. The Morgan fingerprint density at radius 3 is 2.52 bits per heavy atom. The van der Waals surface area contributed by atoms with Crippen LogP contribution >= 0.6 is 0 Å². The molecule has 1 atom stereocenters. The van der Waals surface area contributed by atoms with Crippen molar-refractivity contribution in [3.05, 3.63) is 42.0 Å². The molecule has 0 radical (unpaired) electrons. The molecule has 0 amide bonds. The zero-order valence-electron chi connectivity index (χ0n) is 15.3. The highest BCUT2D eigenvalue weighted by Gasteiger charge is 2.34. The Morgan fingerprint density at radius 2 is 1.78 bits per heavy atom. The standard InChI is InChI=1S/C21H19NO5/c1-22-19-13(5-4-11-8-16-17(9-14(11)19)27-10-26-16)12-6-7-15(24-2)20(23)18(12)21(22)25-3/h4-9,21,23H,10H2,1-3H3. The molecule has 0 saturated heterocycles. The van der Waals surface area contributed by atoms with Crippen molar-refractivity contribution in [2.45, 2.75) is 6.23 Å². The van der Waals surface area contributed by atoms with E-state index in [0.717, 1.165) is 39.1 Å². The summed E-state index contributed by atoms with van der Waals surface area (Å²) in [6, 6.07) is 11.9. The topological polar surface area (TPSA) is 60.4 Å². The molecular formula is C21H19NO5. The fourth-order valence-corrected chi connectivity index (χ4v) is 4.12. The minimum Gasteiger partial charge on any atom is -0.504 e. The van der Waals surface area contributed by atoms with Crippen LogP contribution in [0.2, 0.25) is 0 Å². The molecule has 138 valence electrons. The van der Waals surface area contributed by atoms with Gasteiger partial charge >= 0.3 is 0 Å². The smallest absolute Gasteiger partial charge is 0.231 e. The fraction of sp³-hybridized carbons (Fsp3) is 0.238. The van der Waals surface area contributed by atoms with Gasteiger partial charge in [-0.2, -0.15) is 0 Å². The van der Waals surface area contributed by atoms with Crippen LogP contribution in [0.15, 0.2) is 36.4 Å². The summed E-state index contributed by atoms with van der Waals surface area (Å²) in [6.07, 6.45) is -0.446. The zero-order valence-corrected chi connectivity index (χ0v) is 15.3. The number of methoxy groups -OCH3 is 2. The number of benzene rings is 3. The van der Waals surface area contributed by atoms with Crippen molar-refractivity contribution >= 4 is 16.5 Å². The first-order valence-electron chi connectivity index (χ1n) is 8.66. The van der Waals surface area contributed by atoms with Crippen LogP contribution in [0.1, 0.15) is 11.8 Å². The highest BCUT2D eigenvalue weighted by atomic mass is 16.7. The van der Waals surface area contributed by atoms with Gasteiger partial charge in [0.25, 0.3) is 0 Å². The average Bonchev–Trinajstić information content (AvgIpc) is 3.14. The number of fused-ring (bicyclic) bond motifs is 6. The fourth-order valence-electron chi connectivity index (χ4n) is 4.12. The first-order valence-corrected chi connectivity index (χ1v) is 8.66. The van der Waals surface area contributed by atoms with Crippen LogP contribution in [-0.2, 0) is 4.74 Å². The van der Waals surface area contributed by atoms with Crippen LogP contribution in [-0.4, -0.2) is 33.2 Å². The summed E-state index contributed by atoms with van der Waals surface area (Å²) < 4.78 is 22.1. The summed E-state index contributed by atoms with van der Waals surface area (Å²) in [7, 11) is 5.13. The number of hydrogen-bond donors (Lipinski definition) is 1. The normalized spacial score (nSPS) is 17.0. The maximum atomic E-state index is 10.8. The van der Waals surface area contributed by atoms with Gasteiger partial charge in [-0.3, -0.25) is 0 Å². The minimum atomic E-state index is -0.446. The van der Waals surface area contributed by atoms with Crippen molar-refractivity contribution in [2.75, 3.05) is 33.0 Å². The molecule has 0 spiro atoms. The van der Waals surface area contributed by atoms with Crippen LogP contribution in [0.4, 0.5) is 5.69 Å². The Hall–Kier alpha value is -3.12. The van der Waals surface area contributed by atoms with Gasteiger partial charge in [-0.25, -0.2) is 0 Å². The third-order valence-corrected chi connectivity index (χ3v) is 5.35. The molecule has 0 fully saturated rings. The van der Waals surface area contributed by atoms with E-state index in [1.807, 2.05) is 30.1 Å². The van der Waals surface area contributed by atoms with E-state index in [0.29, 0.717) is 11.3 Å². The number of nitrogens with zero attached hydrogens (tertiary/aromatic N) is 1. The molecule has 3 aromatic carbocycles. The number of hydrogen-bond acceptors (Lipinski definition) is 6. The van der Waals surface area contributed by atoms with E-state index in [1.165, 1.54) is 0 Å². The van der Waals surface area contributed by atoms with Crippen LogP contribution in [0.25, 0.3) is 21.9 Å². The van der Waals surface area contributed by atoms with Crippen molar-refractivity contribution in [3.63, 3.8) is 0 Å². The molecule has 1 N–H and O–H groups in total. The number of aromatic hydroxyl groups is 1. The van der Waals surface area contributed by atoms with Gasteiger partial charge in [0.1, 0.15) is 0 Å². The molecule has 3 aromatic rings. The van der Waals surface area contributed by atoms with Crippen molar-refractivity contribution in [1.82, 2.24) is 0 Å². The second kappa shape index (κ2) is 5.69. The number of anilines is 1. The van der Waals surface area contributed by atoms with Gasteiger partial charge in [0, 0.05) is 25.1 Å². The molecule has 2 aliphatic heterocycles. The molecule has 6 heteroatoms. The van der Waals surface area contributed by atoms with Crippen LogP contribution in [0, 0.1) is 0 Å². The summed E-state index contributed by atoms with van der Waals surface area (Å²) in [5.41, 5.74) is 3.67. The van der Waals surface area contributed by atoms with Crippen molar-refractivity contribution in [1.29, 1.82) is 0 Å². The van der Waals surface area contributed by atoms with E-state index in [1.54, 1.807) is 20.3 Å². The van der Waals surface area contributed by atoms with Crippen molar-refractivity contribution in [2.24, 2.45) is 0 Å². The van der Waals surface area contributed by atoms with Crippen molar-refractivity contribution in [3.8, 4) is 34.1 Å². The van der Waals surface area contributed by atoms with Gasteiger partial charge in [-0.1, -0.05) is 12.1 Å². The molecule has 0 aliphatic carbocycles. The second-order valence-corrected chi connectivity index (χ2v) is 6.66. The summed E-state index contributed by atoms with van der Waals surface area (Å²) in [6.45, 7) is 0.237. The maximum absolute atomic E-state index is 10.8. The Labute approximate surface area is 156 Å². The molecule has 0 bridgehead atoms. The molecule has 2 heterocycles. The highest BCUT2D eigenvalue weighted by Crippen LogP contribution is 2.53. The lowest BCUT2D eigenvalue weighted by molar-refractivity contribution is 0.101. The molecule has 0 saturated carbocycles. The third-order valence-electron chi connectivity index (χ3n) is 5.35. The van der Waals surface area contributed by atoms with Crippen LogP contribution < -0.4 is 19.1 Å². The van der Waals surface area contributed by atoms with E-state index in [9.17, 15) is 5.11 Å². The maximum Gasteiger partial charge on any atom is 0.231 e. The minimum absolute atomic E-state index is 0.102. The number of ether oxygens (including phenoxy) is 4. The predicted molar refractivity (Wildman–Crippen MR) is 102 cm³/mol. The first-order chi connectivity index (χ1) is 13.1. The highest BCUT2D eigenvalue weighted by molar-refractivity contribution is 6.05. The zero-order chi connectivity index (χ0) is 18.7. The van der Waals surface area contributed by atoms with Gasteiger partial charge in [0.05, 0.1) is 18.4 Å². The second-order valence-electron chi connectivity index (χ2n) is 6.66. The molecule has 27 heavy (non-hydrogen) atoms. The molecule has 0 aromatic heterocycles. The van der Waals surface area contributed by atoms with E-state index in [2.05, 4.69) is 12.1 Å². The van der Waals surface area contributed by atoms with Gasteiger partial charge in [0.2, 0.25) is 6.79 Å². The van der Waals surface area contributed by atoms with Crippen LogP contribution in [0.3, 0.4) is 0 Å². The SMILES string of the molecule is COc1ccc2c(c1O)C(OC)N(C)c1c-2ccc2cc3c(cc12)OCO3. The molecule has 5 rings (SSSR count). The lowest BCUT2D eigenvalue weighted by atomic mass is 9.88. The monoisotopic (exact) mass is 365 g/mol. The van der Waals surface area contributed by atoms with Gasteiger partial charge in [-0.05, 0) is 35.2 Å². The first kappa shape index (κ1) is 16.1. The lowest BCUT2D eigenvalue weighted by Gasteiger charge is -2.38. The Bertz CT molecular complexity index is 1080. The van der Waals surface area contributed by atoms with E-state index in [4.69, 9.17) is 18.9 Å². The summed E-state index contributed by atoms with van der Waals surface area (Å²) in [5.74, 6) is 2.02. The third kappa shape index (κ3) is 2.10. The Morgan fingerprint density at radius 1 is 1.04 bits per heavy atom. The summed E-state index contributed by atoms with van der Waals surface area (Å²) in [4.78, 5) is 2.03. The Balaban J connectivity index is 1.84. The molecule has 1 unspecified atom stereocenters. The summed E-state index contributed by atoms with van der Waals surface area (Å²) in [5, 5.41) is 12.9. The molecular weight excluding hydrogens is 346 g/mol. The van der Waals surface area contributed by atoms with E-state index in [-0.39, 0.29) is 12.5 Å². The van der Waals surface area contributed by atoms with Crippen LogP contribution in [0.5, 0.6) is 23.0 Å². The number of rotatable bonds is 2.